The number of aromatic nitrogens is 1. The second-order valence-corrected chi connectivity index (χ2v) is 4.27. The van der Waals surface area contributed by atoms with E-state index < -0.39 is 0 Å². The number of rotatable bonds is 2. The Morgan fingerprint density at radius 3 is 2.87 bits per heavy atom. The van der Waals surface area contributed by atoms with Crippen molar-refractivity contribution in [2.75, 3.05) is 13.1 Å². The standard InChI is InChI=1S/C12H18N2O/c1-10-3-2-6-13-12(10)9-14-7-4-11(15)5-8-14/h2-3,6,11,15H,4-5,7-9H2,1H3. The Morgan fingerprint density at radius 2 is 2.20 bits per heavy atom. The molecule has 0 aliphatic carbocycles. The largest absolute Gasteiger partial charge is 0.393 e. The molecule has 1 fully saturated rings. The first-order chi connectivity index (χ1) is 7.25. The molecule has 0 saturated carbocycles. The summed E-state index contributed by atoms with van der Waals surface area (Å²) in [5.74, 6) is 0. The highest BCUT2D eigenvalue weighted by molar-refractivity contribution is 5.17. The van der Waals surface area contributed by atoms with E-state index >= 15 is 0 Å². The number of piperidine rings is 1. The Hall–Kier alpha value is -0.930. The first kappa shape index (κ1) is 10.6. The first-order valence-electron chi connectivity index (χ1n) is 5.56. The zero-order chi connectivity index (χ0) is 10.7. The maximum Gasteiger partial charge on any atom is 0.0573 e. The molecule has 1 aromatic heterocycles. The molecule has 0 radical (unpaired) electrons. The van der Waals surface area contributed by atoms with Crippen LogP contribution in [0.3, 0.4) is 0 Å². The number of aryl methyl sites for hydroxylation is 1. The van der Waals surface area contributed by atoms with Gasteiger partial charge in [-0.25, -0.2) is 0 Å². The van der Waals surface area contributed by atoms with Crippen LogP contribution in [0.4, 0.5) is 0 Å². The van der Waals surface area contributed by atoms with Gasteiger partial charge in [0.15, 0.2) is 0 Å². The zero-order valence-electron chi connectivity index (χ0n) is 9.19. The molecule has 2 rings (SSSR count). The third-order valence-corrected chi connectivity index (χ3v) is 3.05. The minimum atomic E-state index is -0.0916. The Kier molecular flexibility index (Phi) is 3.34. The number of pyridine rings is 1. The van der Waals surface area contributed by atoms with E-state index in [1.165, 1.54) is 5.56 Å². The van der Waals surface area contributed by atoms with Crippen molar-refractivity contribution < 1.29 is 5.11 Å². The van der Waals surface area contributed by atoms with Crippen LogP contribution in [0.1, 0.15) is 24.1 Å². The number of hydrogen-bond acceptors (Lipinski definition) is 3. The Labute approximate surface area is 90.8 Å². The van der Waals surface area contributed by atoms with E-state index in [-0.39, 0.29) is 6.10 Å². The van der Waals surface area contributed by atoms with E-state index in [1.807, 2.05) is 12.3 Å². The summed E-state index contributed by atoms with van der Waals surface area (Å²) in [5, 5.41) is 9.41. The average molecular weight is 206 g/mol. The molecular formula is C12H18N2O. The molecule has 2 heterocycles. The van der Waals surface area contributed by atoms with Gasteiger partial charge in [0.05, 0.1) is 11.8 Å². The lowest BCUT2D eigenvalue weighted by Crippen LogP contribution is -2.35. The second kappa shape index (κ2) is 4.73. The van der Waals surface area contributed by atoms with Crippen LogP contribution in [0.25, 0.3) is 0 Å². The molecule has 1 aliphatic rings. The van der Waals surface area contributed by atoms with Gasteiger partial charge in [0.2, 0.25) is 0 Å². The minimum Gasteiger partial charge on any atom is -0.393 e. The van der Waals surface area contributed by atoms with E-state index in [2.05, 4.69) is 22.9 Å². The molecule has 0 unspecified atom stereocenters. The number of hydrogen-bond donors (Lipinski definition) is 1. The maximum atomic E-state index is 9.41. The van der Waals surface area contributed by atoms with Crippen molar-refractivity contribution in [2.24, 2.45) is 0 Å². The molecule has 3 nitrogen and oxygen atoms in total. The van der Waals surface area contributed by atoms with E-state index in [4.69, 9.17) is 0 Å². The number of aliphatic hydroxyl groups excluding tert-OH is 1. The summed E-state index contributed by atoms with van der Waals surface area (Å²) >= 11 is 0. The van der Waals surface area contributed by atoms with Crippen molar-refractivity contribution in [3.8, 4) is 0 Å². The molecular weight excluding hydrogens is 188 g/mol. The Bertz CT molecular complexity index is 319. The fourth-order valence-corrected chi connectivity index (χ4v) is 1.97. The normalized spacial score (nSPS) is 19.3. The molecule has 1 aliphatic heterocycles. The van der Waals surface area contributed by atoms with Crippen molar-refractivity contribution in [3.05, 3.63) is 29.6 Å². The lowest BCUT2D eigenvalue weighted by molar-refractivity contribution is 0.0786. The third-order valence-electron chi connectivity index (χ3n) is 3.05. The summed E-state index contributed by atoms with van der Waals surface area (Å²) < 4.78 is 0. The van der Waals surface area contributed by atoms with Gasteiger partial charge in [-0.1, -0.05) is 6.07 Å². The van der Waals surface area contributed by atoms with Gasteiger partial charge < -0.3 is 5.11 Å². The highest BCUT2D eigenvalue weighted by Crippen LogP contribution is 2.14. The van der Waals surface area contributed by atoms with Crippen molar-refractivity contribution in [2.45, 2.75) is 32.4 Å². The van der Waals surface area contributed by atoms with E-state index in [9.17, 15) is 5.11 Å². The number of nitrogens with zero attached hydrogens (tertiary/aromatic N) is 2. The molecule has 0 atom stereocenters. The SMILES string of the molecule is Cc1cccnc1CN1CCC(O)CC1. The van der Waals surface area contributed by atoms with Crippen molar-refractivity contribution in [1.29, 1.82) is 0 Å². The van der Waals surface area contributed by atoms with E-state index in [1.54, 1.807) is 0 Å². The molecule has 0 aromatic carbocycles. The summed E-state index contributed by atoms with van der Waals surface area (Å²) in [6, 6.07) is 4.07. The predicted octanol–water partition coefficient (Wildman–Crippen LogP) is 1.35. The van der Waals surface area contributed by atoms with Gasteiger partial charge in [-0.3, -0.25) is 9.88 Å². The fraction of sp³-hybridized carbons (Fsp3) is 0.583. The van der Waals surface area contributed by atoms with Gasteiger partial charge in [0.1, 0.15) is 0 Å². The summed E-state index contributed by atoms with van der Waals surface area (Å²) in [6.07, 6.45) is 3.55. The van der Waals surface area contributed by atoms with Gasteiger partial charge in [0, 0.05) is 25.8 Å². The average Bonchev–Trinajstić information content (AvgIpc) is 2.25. The highest BCUT2D eigenvalue weighted by atomic mass is 16.3. The lowest BCUT2D eigenvalue weighted by Gasteiger charge is -2.29. The molecule has 3 heteroatoms. The van der Waals surface area contributed by atoms with Gasteiger partial charge in [-0.05, 0) is 31.4 Å². The highest BCUT2D eigenvalue weighted by Gasteiger charge is 2.17. The smallest absolute Gasteiger partial charge is 0.0573 e. The zero-order valence-corrected chi connectivity index (χ0v) is 9.19. The molecule has 15 heavy (non-hydrogen) atoms. The van der Waals surface area contributed by atoms with Crippen LogP contribution in [0, 0.1) is 6.92 Å². The van der Waals surface area contributed by atoms with Gasteiger partial charge >= 0.3 is 0 Å². The van der Waals surface area contributed by atoms with Crippen LogP contribution in [0.15, 0.2) is 18.3 Å². The van der Waals surface area contributed by atoms with Crippen LogP contribution in [0.2, 0.25) is 0 Å². The minimum absolute atomic E-state index is 0.0916. The molecule has 1 aromatic rings. The van der Waals surface area contributed by atoms with E-state index in [0.717, 1.165) is 38.2 Å². The van der Waals surface area contributed by atoms with Gasteiger partial charge in [-0.2, -0.15) is 0 Å². The van der Waals surface area contributed by atoms with Gasteiger partial charge in [-0.15, -0.1) is 0 Å². The first-order valence-corrected chi connectivity index (χ1v) is 5.56. The van der Waals surface area contributed by atoms with Crippen molar-refractivity contribution in [1.82, 2.24) is 9.88 Å². The Morgan fingerprint density at radius 1 is 1.47 bits per heavy atom. The van der Waals surface area contributed by atoms with Crippen LogP contribution in [-0.2, 0) is 6.54 Å². The fourth-order valence-electron chi connectivity index (χ4n) is 1.97. The lowest BCUT2D eigenvalue weighted by atomic mass is 10.1. The molecule has 0 bridgehead atoms. The summed E-state index contributed by atoms with van der Waals surface area (Å²) in [4.78, 5) is 6.75. The Balaban J connectivity index is 1.95. The quantitative estimate of drug-likeness (QED) is 0.793. The van der Waals surface area contributed by atoms with Crippen molar-refractivity contribution in [3.63, 3.8) is 0 Å². The molecule has 1 N–H and O–H groups in total. The third kappa shape index (κ3) is 2.76. The summed E-state index contributed by atoms with van der Waals surface area (Å²) in [5.41, 5.74) is 2.41. The number of aliphatic hydroxyl groups is 1. The molecule has 82 valence electrons. The predicted molar refractivity (Wildman–Crippen MR) is 59.5 cm³/mol. The topological polar surface area (TPSA) is 36.4 Å². The monoisotopic (exact) mass is 206 g/mol. The van der Waals surface area contributed by atoms with Gasteiger partial charge in [0.25, 0.3) is 0 Å². The maximum absolute atomic E-state index is 9.41. The number of likely N-dealkylation sites (tertiary alicyclic amines) is 1. The van der Waals surface area contributed by atoms with Crippen LogP contribution >= 0.6 is 0 Å². The van der Waals surface area contributed by atoms with Crippen LogP contribution in [0.5, 0.6) is 0 Å². The molecule has 0 spiro atoms. The molecule has 0 amide bonds. The van der Waals surface area contributed by atoms with E-state index in [0.29, 0.717) is 0 Å². The molecule has 1 saturated heterocycles. The van der Waals surface area contributed by atoms with Crippen LogP contribution in [-0.4, -0.2) is 34.2 Å². The van der Waals surface area contributed by atoms with Crippen molar-refractivity contribution >= 4 is 0 Å². The second-order valence-electron chi connectivity index (χ2n) is 4.27. The van der Waals surface area contributed by atoms with Crippen LogP contribution < -0.4 is 0 Å². The summed E-state index contributed by atoms with van der Waals surface area (Å²) in [7, 11) is 0. The summed E-state index contributed by atoms with van der Waals surface area (Å²) in [6.45, 7) is 4.98.